The molecule has 1 aromatic carbocycles. The van der Waals surface area contributed by atoms with Gasteiger partial charge in [-0.2, -0.15) is 0 Å². The first-order valence-electron chi connectivity index (χ1n) is 5.85. The monoisotopic (exact) mass is 315 g/mol. The van der Waals surface area contributed by atoms with E-state index in [9.17, 15) is 8.42 Å². The van der Waals surface area contributed by atoms with E-state index in [1.165, 1.54) is 7.11 Å². The van der Waals surface area contributed by atoms with Crippen LogP contribution in [0.1, 0.15) is 0 Å². The van der Waals surface area contributed by atoms with E-state index in [1.807, 2.05) is 24.3 Å². The minimum absolute atomic E-state index is 0.00503. The van der Waals surface area contributed by atoms with Crippen LogP contribution in [-0.2, 0) is 9.84 Å². The van der Waals surface area contributed by atoms with Crippen LogP contribution in [0.15, 0.2) is 24.3 Å². The highest BCUT2D eigenvalue weighted by atomic mass is 35.5. The minimum atomic E-state index is -3.10. The number of benzene rings is 1. The number of para-hydroxylation sites is 1. The number of hydrogen-bond donors (Lipinski definition) is 0. The average molecular weight is 316 g/mol. The van der Waals surface area contributed by atoms with E-state index >= 15 is 0 Å². The summed E-state index contributed by atoms with van der Waals surface area (Å²) in [4.78, 5) is 4.29. The van der Waals surface area contributed by atoms with Gasteiger partial charge in [-0.05, 0) is 6.07 Å². The lowest BCUT2D eigenvalue weighted by Gasteiger charge is -2.13. The fourth-order valence-corrected chi connectivity index (χ4v) is 2.37. The lowest BCUT2D eigenvalue weighted by molar-refractivity contribution is 0.306. The molecule has 2 rings (SSSR count). The Labute approximate surface area is 122 Å². The van der Waals surface area contributed by atoms with Gasteiger partial charge in [-0.3, -0.25) is 0 Å². The molecule has 0 saturated carbocycles. The summed E-state index contributed by atoms with van der Waals surface area (Å²) < 4.78 is 32.8. The van der Waals surface area contributed by atoms with Gasteiger partial charge in [-0.1, -0.05) is 29.8 Å². The zero-order valence-electron chi connectivity index (χ0n) is 11.1. The Bertz CT molecular complexity index is 730. The Morgan fingerprint density at radius 1 is 1.30 bits per heavy atom. The molecule has 0 aliphatic heterocycles. The number of hydrogen-bond acceptors (Lipinski definition) is 5. The Kier molecular flexibility index (Phi) is 4.35. The molecule has 7 heteroatoms. The second kappa shape index (κ2) is 5.85. The number of ether oxygens (including phenoxy) is 2. The highest BCUT2D eigenvalue weighted by Crippen LogP contribution is 2.38. The predicted molar refractivity (Wildman–Crippen MR) is 78.5 cm³/mol. The normalized spacial score (nSPS) is 11.6. The summed E-state index contributed by atoms with van der Waals surface area (Å²) in [5, 5.41) is 1.09. The fourth-order valence-electron chi connectivity index (χ4n) is 1.69. The van der Waals surface area contributed by atoms with Crippen molar-refractivity contribution in [2.24, 2.45) is 0 Å². The topological polar surface area (TPSA) is 65.5 Å². The molecule has 0 N–H and O–H groups in total. The summed E-state index contributed by atoms with van der Waals surface area (Å²) in [6.07, 6.45) is 1.15. The quantitative estimate of drug-likeness (QED) is 0.847. The summed E-state index contributed by atoms with van der Waals surface area (Å²) >= 11 is 6.28. The molecule has 1 aromatic heterocycles. The van der Waals surface area contributed by atoms with Crippen LogP contribution in [0, 0.1) is 0 Å². The number of methoxy groups -OCH3 is 1. The molecule has 0 aliphatic carbocycles. The molecule has 0 unspecified atom stereocenters. The average Bonchev–Trinajstić information content (AvgIpc) is 2.40. The molecule has 108 valence electrons. The van der Waals surface area contributed by atoms with Crippen LogP contribution < -0.4 is 9.47 Å². The maximum Gasteiger partial charge on any atom is 0.258 e. The third-order valence-corrected chi connectivity index (χ3v) is 3.93. The zero-order valence-corrected chi connectivity index (χ0v) is 12.7. The van der Waals surface area contributed by atoms with Crippen molar-refractivity contribution in [3.63, 3.8) is 0 Å². The van der Waals surface area contributed by atoms with Crippen molar-refractivity contribution in [2.45, 2.75) is 0 Å². The first-order chi connectivity index (χ1) is 9.42. The van der Waals surface area contributed by atoms with Gasteiger partial charge in [-0.15, -0.1) is 0 Å². The highest BCUT2D eigenvalue weighted by molar-refractivity contribution is 7.90. The number of rotatable bonds is 5. The first kappa shape index (κ1) is 14.9. The molecular formula is C13H14ClNO4S. The molecule has 0 aliphatic rings. The fraction of sp³-hybridized carbons (Fsp3) is 0.308. The van der Waals surface area contributed by atoms with E-state index < -0.39 is 9.84 Å². The van der Waals surface area contributed by atoms with E-state index in [4.69, 9.17) is 21.1 Å². The van der Waals surface area contributed by atoms with Crippen molar-refractivity contribution >= 4 is 32.3 Å². The maximum atomic E-state index is 11.1. The predicted octanol–water partition coefficient (Wildman–Crippen LogP) is 2.32. The lowest BCUT2D eigenvalue weighted by Crippen LogP contribution is -2.13. The second-order valence-electron chi connectivity index (χ2n) is 4.26. The van der Waals surface area contributed by atoms with Crippen molar-refractivity contribution in [1.82, 2.24) is 4.98 Å². The zero-order chi connectivity index (χ0) is 14.8. The number of pyridine rings is 1. The third-order valence-electron chi connectivity index (χ3n) is 2.65. The van der Waals surface area contributed by atoms with Crippen LogP contribution in [0.5, 0.6) is 11.6 Å². The number of fused-ring (bicyclic) bond motifs is 1. The largest absolute Gasteiger partial charge is 0.486 e. The Hall–Kier alpha value is -1.53. The molecule has 1 heterocycles. The molecule has 0 radical (unpaired) electrons. The summed E-state index contributed by atoms with van der Waals surface area (Å²) in [5.74, 6) is 0.401. The van der Waals surface area contributed by atoms with Crippen LogP contribution in [0.4, 0.5) is 0 Å². The smallest absolute Gasteiger partial charge is 0.258 e. The molecule has 0 bridgehead atoms. The molecule has 0 fully saturated rings. The van der Waals surface area contributed by atoms with Crippen molar-refractivity contribution in [1.29, 1.82) is 0 Å². The van der Waals surface area contributed by atoms with E-state index in [1.54, 1.807) is 0 Å². The number of sulfone groups is 1. The van der Waals surface area contributed by atoms with Gasteiger partial charge in [0.1, 0.15) is 6.61 Å². The maximum absolute atomic E-state index is 11.1. The molecule has 20 heavy (non-hydrogen) atoms. The SMILES string of the molecule is COc1nc2ccccc2c(Cl)c1OCCS(C)(=O)=O. The molecule has 0 spiro atoms. The van der Waals surface area contributed by atoms with Crippen molar-refractivity contribution < 1.29 is 17.9 Å². The number of halogens is 1. The molecular weight excluding hydrogens is 302 g/mol. The van der Waals surface area contributed by atoms with E-state index in [0.717, 1.165) is 11.6 Å². The highest BCUT2D eigenvalue weighted by Gasteiger charge is 2.16. The first-order valence-corrected chi connectivity index (χ1v) is 8.29. The van der Waals surface area contributed by atoms with Gasteiger partial charge in [0.25, 0.3) is 5.88 Å². The van der Waals surface area contributed by atoms with Gasteiger partial charge in [-0.25, -0.2) is 13.4 Å². The van der Waals surface area contributed by atoms with Crippen LogP contribution >= 0.6 is 11.6 Å². The summed E-state index contributed by atoms with van der Waals surface area (Å²) in [6, 6.07) is 7.30. The van der Waals surface area contributed by atoms with E-state index in [2.05, 4.69) is 4.98 Å². The van der Waals surface area contributed by atoms with Crippen molar-refractivity contribution in [3.05, 3.63) is 29.3 Å². The van der Waals surface area contributed by atoms with E-state index in [-0.39, 0.29) is 24.0 Å². The Morgan fingerprint density at radius 2 is 2.00 bits per heavy atom. The van der Waals surface area contributed by atoms with Gasteiger partial charge in [0.15, 0.2) is 9.84 Å². The van der Waals surface area contributed by atoms with Crippen molar-refractivity contribution in [3.8, 4) is 11.6 Å². The van der Waals surface area contributed by atoms with Crippen LogP contribution in [0.25, 0.3) is 10.9 Å². The minimum Gasteiger partial charge on any atom is -0.486 e. The Balaban J connectivity index is 2.38. The molecule has 0 saturated heterocycles. The third kappa shape index (κ3) is 3.32. The van der Waals surface area contributed by atoms with E-state index in [0.29, 0.717) is 10.5 Å². The summed E-state index contributed by atoms with van der Waals surface area (Å²) in [5.41, 5.74) is 0.685. The van der Waals surface area contributed by atoms with Gasteiger partial charge < -0.3 is 9.47 Å². The number of nitrogens with zero attached hydrogens (tertiary/aromatic N) is 1. The van der Waals surface area contributed by atoms with Gasteiger partial charge in [0.05, 0.1) is 23.4 Å². The van der Waals surface area contributed by atoms with Gasteiger partial charge in [0.2, 0.25) is 5.75 Å². The van der Waals surface area contributed by atoms with Crippen LogP contribution in [0.3, 0.4) is 0 Å². The molecule has 5 nitrogen and oxygen atoms in total. The molecule has 2 aromatic rings. The van der Waals surface area contributed by atoms with Gasteiger partial charge >= 0.3 is 0 Å². The van der Waals surface area contributed by atoms with Gasteiger partial charge in [0, 0.05) is 11.6 Å². The molecule has 0 atom stereocenters. The Morgan fingerprint density at radius 3 is 2.65 bits per heavy atom. The summed E-state index contributed by atoms with van der Waals surface area (Å²) in [7, 11) is -1.64. The molecule has 0 amide bonds. The second-order valence-corrected chi connectivity index (χ2v) is 6.90. The van der Waals surface area contributed by atoms with Crippen LogP contribution in [0.2, 0.25) is 5.02 Å². The standard InChI is InChI=1S/C13H14ClNO4S/c1-18-13-12(19-7-8-20(2,16)17)11(14)9-5-3-4-6-10(9)15-13/h3-6H,7-8H2,1-2H3. The van der Waals surface area contributed by atoms with Crippen LogP contribution in [-0.4, -0.2) is 39.1 Å². The lowest BCUT2D eigenvalue weighted by atomic mass is 10.2. The number of aromatic nitrogens is 1. The summed E-state index contributed by atoms with van der Waals surface area (Å²) in [6.45, 7) is -0.00503. The van der Waals surface area contributed by atoms with Crippen molar-refractivity contribution in [2.75, 3.05) is 25.7 Å².